The largest absolute Gasteiger partial charge is 0.297 e. The molecule has 0 bridgehead atoms. The van der Waals surface area contributed by atoms with Crippen LogP contribution in [0, 0.1) is 0 Å². The Labute approximate surface area is 92.4 Å². The second-order valence-electron chi connectivity index (χ2n) is 3.59. The molecule has 0 atom stereocenters. The van der Waals surface area contributed by atoms with Crippen LogP contribution in [0.4, 0.5) is 0 Å². The SMILES string of the molecule is CC(C)n1ccc(-c2ccc(C=O)s2)n1. The molecular weight excluding hydrogens is 208 g/mol. The van der Waals surface area contributed by atoms with E-state index in [2.05, 4.69) is 18.9 Å². The highest BCUT2D eigenvalue weighted by molar-refractivity contribution is 7.17. The maximum atomic E-state index is 10.5. The van der Waals surface area contributed by atoms with Crippen molar-refractivity contribution in [1.82, 2.24) is 9.78 Å². The third-order valence-corrected chi connectivity index (χ3v) is 3.17. The van der Waals surface area contributed by atoms with Crippen molar-refractivity contribution < 1.29 is 4.79 Å². The summed E-state index contributed by atoms with van der Waals surface area (Å²) in [4.78, 5) is 12.3. The van der Waals surface area contributed by atoms with Crippen LogP contribution in [0.1, 0.15) is 29.6 Å². The van der Waals surface area contributed by atoms with Crippen LogP contribution in [-0.2, 0) is 0 Å². The van der Waals surface area contributed by atoms with Gasteiger partial charge in [-0.1, -0.05) is 0 Å². The van der Waals surface area contributed by atoms with E-state index < -0.39 is 0 Å². The predicted molar refractivity (Wildman–Crippen MR) is 61.3 cm³/mol. The summed E-state index contributed by atoms with van der Waals surface area (Å²) in [6, 6.07) is 6.09. The summed E-state index contributed by atoms with van der Waals surface area (Å²) in [5.41, 5.74) is 0.932. The molecule has 0 saturated carbocycles. The highest BCUT2D eigenvalue weighted by Gasteiger charge is 2.06. The van der Waals surface area contributed by atoms with Gasteiger partial charge in [-0.15, -0.1) is 11.3 Å². The van der Waals surface area contributed by atoms with Gasteiger partial charge in [-0.25, -0.2) is 0 Å². The lowest BCUT2D eigenvalue weighted by Gasteiger charge is -2.02. The van der Waals surface area contributed by atoms with E-state index in [4.69, 9.17) is 0 Å². The molecule has 15 heavy (non-hydrogen) atoms. The molecule has 0 aliphatic carbocycles. The number of hydrogen-bond donors (Lipinski definition) is 0. The van der Waals surface area contributed by atoms with Crippen molar-refractivity contribution in [3.63, 3.8) is 0 Å². The molecule has 0 aromatic carbocycles. The quantitative estimate of drug-likeness (QED) is 0.745. The van der Waals surface area contributed by atoms with Crippen LogP contribution in [0.5, 0.6) is 0 Å². The van der Waals surface area contributed by atoms with Gasteiger partial charge in [0, 0.05) is 12.2 Å². The Kier molecular flexibility index (Phi) is 2.68. The summed E-state index contributed by atoms with van der Waals surface area (Å²) >= 11 is 1.47. The van der Waals surface area contributed by atoms with Gasteiger partial charge in [0.15, 0.2) is 6.29 Å². The molecule has 0 fully saturated rings. The Balaban J connectivity index is 2.32. The zero-order chi connectivity index (χ0) is 10.8. The number of hydrogen-bond acceptors (Lipinski definition) is 3. The fourth-order valence-electron chi connectivity index (χ4n) is 1.31. The summed E-state index contributed by atoms with van der Waals surface area (Å²) in [6.45, 7) is 4.17. The Bertz CT molecular complexity index is 470. The molecule has 2 heterocycles. The molecule has 3 nitrogen and oxygen atoms in total. The van der Waals surface area contributed by atoms with Crippen molar-refractivity contribution in [2.45, 2.75) is 19.9 Å². The van der Waals surface area contributed by atoms with E-state index in [-0.39, 0.29) is 0 Å². The van der Waals surface area contributed by atoms with Gasteiger partial charge in [-0.2, -0.15) is 5.10 Å². The summed E-state index contributed by atoms with van der Waals surface area (Å²) < 4.78 is 1.91. The maximum Gasteiger partial charge on any atom is 0.160 e. The molecule has 0 N–H and O–H groups in total. The van der Waals surface area contributed by atoms with E-state index in [0.29, 0.717) is 6.04 Å². The minimum absolute atomic E-state index is 0.365. The molecule has 4 heteroatoms. The fourth-order valence-corrected chi connectivity index (χ4v) is 2.10. The lowest BCUT2D eigenvalue weighted by Crippen LogP contribution is -2.00. The first-order valence-electron chi connectivity index (χ1n) is 4.81. The average molecular weight is 220 g/mol. The highest BCUT2D eigenvalue weighted by Crippen LogP contribution is 2.26. The van der Waals surface area contributed by atoms with E-state index >= 15 is 0 Å². The monoisotopic (exact) mass is 220 g/mol. The molecule has 0 unspecified atom stereocenters. The Morgan fingerprint density at radius 2 is 2.20 bits per heavy atom. The molecule has 0 amide bonds. The number of aldehydes is 1. The maximum absolute atomic E-state index is 10.5. The van der Waals surface area contributed by atoms with Gasteiger partial charge >= 0.3 is 0 Å². The normalized spacial score (nSPS) is 10.9. The topological polar surface area (TPSA) is 34.9 Å². The first-order chi connectivity index (χ1) is 7.20. The second-order valence-corrected chi connectivity index (χ2v) is 4.71. The predicted octanol–water partition coefficient (Wildman–Crippen LogP) is 3.01. The summed E-state index contributed by atoms with van der Waals surface area (Å²) in [6.07, 6.45) is 2.83. The van der Waals surface area contributed by atoms with Crippen LogP contribution in [0.15, 0.2) is 24.4 Å². The van der Waals surface area contributed by atoms with Crippen molar-refractivity contribution in [2.24, 2.45) is 0 Å². The Hall–Kier alpha value is -1.42. The van der Waals surface area contributed by atoms with E-state index in [1.165, 1.54) is 11.3 Å². The number of rotatable bonds is 3. The molecule has 0 spiro atoms. The average Bonchev–Trinajstić information content (AvgIpc) is 2.86. The van der Waals surface area contributed by atoms with E-state index in [1.807, 2.05) is 29.1 Å². The van der Waals surface area contributed by atoms with E-state index in [9.17, 15) is 4.79 Å². The van der Waals surface area contributed by atoms with Gasteiger partial charge in [0.2, 0.25) is 0 Å². The third kappa shape index (κ3) is 1.99. The van der Waals surface area contributed by atoms with Crippen molar-refractivity contribution >= 4 is 17.6 Å². The van der Waals surface area contributed by atoms with Gasteiger partial charge in [-0.3, -0.25) is 9.48 Å². The summed E-state index contributed by atoms with van der Waals surface area (Å²) in [5, 5.41) is 4.44. The Morgan fingerprint density at radius 1 is 1.40 bits per heavy atom. The Morgan fingerprint density at radius 3 is 2.73 bits per heavy atom. The van der Waals surface area contributed by atoms with Gasteiger partial charge in [0.05, 0.1) is 9.75 Å². The van der Waals surface area contributed by atoms with E-state index in [1.54, 1.807) is 0 Å². The highest BCUT2D eigenvalue weighted by atomic mass is 32.1. The standard InChI is InChI=1S/C11H12N2OS/c1-8(2)13-6-5-10(12-13)11-4-3-9(7-14)15-11/h3-8H,1-2H3. The number of carbonyl (C=O) groups excluding carboxylic acids is 1. The lowest BCUT2D eigenvalue weighted by atomic mass is 10.3. The molecule has 0 saturated heterocycles. The summed E-state index contributed by atoms with van der Waals surface area (Å²) in [5.74, 6) is 0. The molecular formula is C11H12N2OS. The van der Waals surface area contributed by atoms with Crippen LogP contribution < -0.4 is 0 Å². The molecule has 2 aromatic heterocycles. The molecule has 2 rings (SSSR count). The minimum Gasteiger partial charge on any atom is -0.297 e. The zero-order valence-corrected chi connectivity index (χ0v) is 9.49. The summed E-state index contributed by atoms with van der Waals surface area (Å²) in [7, 11) is 0. The molecule has 78 valence electrons. The van der Waals surface area contributed by atoms with Crippen molar-refractivity contribution in [2.75, 3.05) is 0 Å². The van der Waals surface area contributed by atoms with Gasteiger partial charge < -0.3 is 0 Å². The third-order valence-electron chi connectivity index (χ3n) is 2.13. The van der Waals surface area contributed by atoms with E-state index in [0.717, 1.165) is 21.7 Å². The van der Waals surface area contributed by atoms with Gasteiger partial charge in [-0.05, 0) is 32.0 Å². The van der Waals surface area contributed by atoms with Crippen LogP contribution in [0.2, 0.25) is 0 Å². The van der Waals surface area contributed by atoms with Crippen molar-refractivity contribution in [3.05, 3.63) is 29.3 Å². The number of carbonyl (C=O) groups is 1. The van der Waals surface area contributed by atoms with Crippen molar-refractivity contribution in [1.29, 1.82) is 0 Å². The van der Waals surface area contributed by atoms with Crippen LogP contribution in [0.25, 0.3) is 10.6 Å². The zero-order valence-electron chi connectivity index (χ0n) is 8.68. The fraction of sp³-hybridized carbons (Fsp3) is 0.273. The molecule has 2 aromatic rings. The number of aromatic nitrogens is 2. The smallest absolute Gasteiger partial charge is 0.160 e. The van der Waals surface area contributed by atoms with Crippen LogP contribution >= 0.6 is 11.3 Å². The van der Waals surface area contributed by atoms with Crippen LogP contribution in [-0.4, -0.2) is 16.1 Å². The van der Waals surface area contributed by atoms with Crippen molar-refractivity contribution in [3.8, 4) is 10.6 Å². The first-order valence-corrected chi connectivity index (χ1v) is 5.63. The lowest BCUT2D eigenvalue weighted by molar-refractivity contribution is 0.112. The molecule has 0 radical (unpaired) electrons. The first kappa shape index (κ1) is 10.1. The van der Waals surface area contributed by atoms with Gasteiger partial charge in [0.1, 0.15) is 5.69 Å². The number of nitrogens with zero attached hydrogens (tertiary/aromatic N) is 2. The molecule has 0 aliphatic rings. The number of thiophene rings is 1. The second kappa shape index (κ2) is 3.98. The van der Waals surface area contributed by atoms with Gasteiger partial charge in [0.25, 0.3) is 0 Å². The van der Waals surface area contributed by atoms with Crippen LogP contribution in [0.3, 0.4) is 0 Å². The molecule has 0 aliphatic heterocycles. The minimum atomic E-state index is 0.365.